The summed E-state index contributed by atoms with van der Waals surface area (Å²) in [4.78, 5) is 35.4. The summed E-state index contributed by atoms with van der Waals surface area (Å²) in [5.74, 6) is -2.88. The lowest BCUT2D eigenvalue weighted by Crippen LogP contribution is -2.69. The van der Waals surface area contributed by atoms with Crippen LogP contribution in [0.2, 0.25) is 5.02 Å². The van der Waals surface area contributed by atoms with E-state index in [0.29, 0.717) is 0 Å². The van der Waals surface area contributed by atoms with Gasteiger partial charge in [0.05, 0.1) is 10.6 Å². The molecule has 4 amide bonds. The van der Waals surface area contributed by atoms with Crippen molar-refractivity contribution in [3.63, 3.8) is 0 Å². The van der Waals surface area contributed by atoms with Crippen molar-refractivity contribution >= 4 is 29.4 Å². The highest BCUT2D eigenvalue weighted by Gasteiger charge is 2.68. The molecule has 1 saturated heterocycles. The number of urea groups is 1. The average Bonchev–Trinajstić information content (AvgIpc) is 2.64. The van der Waals surface area contributed by atoms with Gasteiger partial charge in [0.2, 0.25) is 0 Å². The second-order valence-corrected chi connectivity index (χ2v) is 4.88. The maximum Gasteiger partial charge on any atom is 0.440 e. The van der Waals surface area contributed by atoms with Crippen molar-refractivity contribution < 1.29 is 27.6 Å². The molecule has 0 saturated carbocycles. The van der Waals surface area contributed by atoms with Crippen LogP contribution in [0.4, 0.5) is 18.0 Å². The molecule has 1 unspecified atom stereocenters. The Bertz CT molecular complexity index is 665. The van der Waals surface area contributed by atoms with Gasteiger partial charge in [-0.3, -0.25) is 19.8 Å². The fourth-order valence-electron chi connectivity index (χ4n) is 1.87. The maximum absolute atomic E-state index is 13.3. The molecule has 1 atom stereocenters. The van der Waals surface area contributed by atoms with Gasteiger partial charge >= 0.3 is 12.2 Å². The standard InChI is InChI=1S/C12H9ClF3N3O3/c1-19-9(21)11(12(14,15)16,18-10(19)22)17-8(20)6-4-2-3-5-7(6)13/h2-5H,1H3,(H,17,20)(H,18,22). The summed E-state index contributed by atoms with van der Waals surface area (Å²) in [5.41, 5.74) is -3.78. The molecule has 0 aliphatic carbocycles. The van der Waals surface area contributed by atoms with Gasteiger partial charge in [-0.15, -0.1) is 0 Å². The van der Waals surface area contributed by atoms with Crippen LogP contribution in [0.1, 0.15) is 10.4 Å². The van der Waals surface area contributed by atoms with Crippen molar-refractivity contribution in [1.29, 1.82) is 0 Å². The first kappa shape index (κ1) is 16.1. The summed E-state index contributed by atoms with van der Waals surface area (Å²) < 4.78 is 39.8. The molecule has 0 aromatic heterocycles. The van der Waals surface area contributed by atoms with Crippen LogP contribution >= 0.6 is 11.6 Å². The van der Waals surface area contributed by atoms with E-state index in [1.54, 1.807) is 0 Å². The molecular formula is C12H9ClF3N3O3. The van der Waals surface area contributed by atoms with Gasteiger partial charge in [0.15, 0.2) is 0 Å². The molecule has 22 heavy (non-hydrogen) atoms. The van der Waals surface area contributed by atoms with Crippen LogP contribution in [0.3, 0.4) is 0 Å². The van der Waals surface area contributed by atoms with Crippen LogP contribution in [-0.2, 0) is 4.79 Å². The molecule has 118 valence electrons. The first-order valence-electron chi connectivity index (χ1n) is 5.84. The maximum atomic E-state index is 13.3. The highest BCUT2D eigenvalue weighted by atomic mass is 35.5. The summed E-state index contributed by atoms with van der Waals surface area (Å²) >= 11 is 5.73. The van der Waals surface area contributed by atoms with Gasteiger partial charge in [0.25, 0.3) is 17.5 Å². The van der Waals surface area contributed by atoms with Crippen LogP contribution in [0.15, 0.2) is 24.3 Å². The number of imide groups is 1. The Morgan fingerprint density at radius 2 is 1.91 bits per heavy atom. The Hall–Kier alpha value is -2.29. The number of halogens is 4. The first-order chi connectivity index (χ1) is 10.1. The molecule has 6 nitrogen and oxygen atoms in total. The summed E-state index contributed by atoms with van der Waals surface area (Å²) in [6, 6.07) is 4.09. The van der Waals surface area contributed by atoms with Gasteiger partial charge in [0, 0.05) is 7.05 Å². The molecule has 10 heteroatoms. The highest BCUT2D eigenvalue weighted by Crippen LogP contribution is 2.33. The molecule has 1 aliphatic rings. The third kappa shape index (κ3) is 2.37. The number of likely N-dealkylation sites (N-methyl/N-ethyl adjacent to an activating group) is 1. The molecule has 0 spiro atoms. The zero-order valence-electron chi connectivity index (χ0n) is 11.0. The number of amides is 4. The molecule has 1 aromatic rings. The van der Waals surface area contributed by atoms with E-state index in [4.69, 9.17) is 11.6 Å². The van der Waals surface area contributed by atoms with E-state index in [1.807, 2.05) is 0 Å². The fourth-order valence-corrected chi connectivity index (χ4v) is 2.09. The minimum atomic E-state index is -5.23. The van der Waals surface area contributed by atoms with Gasteiger partial charge < -0.3 is 5.32 Å². The van der Waals surface area contributed by atoms with Crippen LogP contribution in [0.5, 0.6) is 0 Å². The Morgan fingerprint density at radius 1 is 1.32 bits per heavy atom. The SMILES string of the molecule is CN1C(=O)NC(NC(=O)c2ccccc2Cl)(C(F)(F)F)C1=O. The summed E-state index contributed by atoms with van der Waals surface area (Å²) in [6.07, 6.45) is -5.23. The second-order valence-electron chi connectivity index (χ2n) is 4.48. The van der Waals surface area contributed by atoms with Gasteiger partial charge in [-0.1, -0.05) is 23.7 Å². The zero-order chi connectivity index (χ0) is 16.7. The van der Waals surface area contributed by atoms with E-state index in [1.165, 1.54) is 34.9 Å². The number of benzene rings is 1. The Morgan fingerprint density at radius 3 is 2.36 bits per heavy atom. The first-order valence-corrected chi connectivity index (χ1v) is 6.22. The van der Waals surface area contributed by atoms with Crippen molar-refractivity contribution in [1.82, 2.24) is 15.5 Å². The number of carbonyl (C=O) groups is 3. The summed E-state index contributed by atoms with van der Waals surface area (Å²) in [7, 11) is 0.868. The monoisotopic (exact) mass is 335 g/mol. The molecule has 1 heterocycles. The van der Waals surface area contributed by atoms with E-state index < -0.39 is 29.7 Å². The lowest BCUT2D eigenvalue weighted by atomic mass is 10.1. The predicted octanol–water partition coefficient (Wildman–Crippen LogP) is 1.51. The second kappa shape index (κ2) is 5.16. The van der Waals surface area contributed by atoms with Crippen LogP contribution < -0.4 is 10.6 Å². The molecule has 1 aliphatic heterocycles. The number of nitrogens with zero attached hydrogens (tertiary/aromatic N) is 1. The van der Waals surface area contributed by atoms with Crippen molar-refractivity contribution in [3.05, 3.63) is 34.9 Å². The summed E-state index contributed by atoms with van der Waals surface area (Å²) in [6.45, 7) is 0. The molecule has 2 rings (SSSR count). The smallest absolute Gasteiger partial charge is 0.314 e. The molecule has 1 fully saturated rings. The predicted molar refractivity (Wildman–Crippen MR) is 69.0 cm³/mol. The van der Waals surface area contributed by atoms with E-state index >= 15 is 0 Å². The largest absolute Gasteiger partial charge is 0.440 e. The summed E-state index contributed by atoms with van der Waals surface area (Å²) in [5, 5.41) is 2.90. The van der Waals surface area contributed by atoms with Gasteiger partial charge in [0.1, 0.15) is 0 Å². The lowest BCUT2D eigenvalue weighted by molar-refractivity contribution is -0.199. The topological polar surface area (TPSA) is 78.5 Å². The number of rotatable bonds is 2. The van der Waals surface area contributed by atoms with Crippen LogP contribution in [0, 0.1) is 0 Å². The van der Waals surface area contributed by atoms with Crippen molar-refractivity contribution in [2.24, 2.45) is 0 Å². The fraction of sp³-hybridized carbons (Fsp3) is 0.250. The van der Waals surface area contributed by atoms with E-state index in [-0.39, 0.29) is 15.5 Å². The Labute approximate surface area is 127 Å². The van der Waals surface area contributed by atoms with Crippen LogP contribution in [0.25, 0.3) is 0 Å². The molecule has 0 radical (unpaired) electrons. The van der Waals surface area contributed by atoms with Crippen molar-refractivity contribution in [2.75, 3.05) is 7.05 Å². The minimum Gasteiger partial charge on any atom is -0.314 e. The lowest BCUT2D eigenvalue weighted by Gasteiger charge is -2.29. The van der Waals surface area contributed by atoms with Gasteiger partial charge in [-0.25, -0.2) is 4.79 Å². The number of alkyl halides is 3. The van der Waals surface area contributed by atoms with E-state index in [0.717, 1.165) is 7.05 Å². The molecular weight excluding hydrogens is 327 g/mol. The number of carbonyl (C=O) groups excluding carboxylic acids is 3. The average molecular weight is 336 g/mol. The normalized spacial score (nSPS) is 21.8. The number of hydrogen-bond donors (Lipinski definition) is 2. The van der Waals surface area contributed by atoms with Gasteiger partial charge in [-0.05, 0) is 12.1 Å². The molecule has 0 bridgehead atoms. The number of nitrogens with one attached hydrogen (secondary N) is 2. The van der Waals surface area contributed by atoms with Crippen molar-refractivity contribution in [2.45, 2.75) is 11.8 Å². The van der Waals surface area contributed by atoms with Crippen molar-refractivity contribution in [3.8, 4) is 0 Å². The molecule has 2 N–H and O–H groups in total. The zero-order valence-corrected chi connectivity index (χ0v) is 11.7. The third-order valence-corrected chi connectivity index (χ3v) is 3.40. The molecule has 1 aromatic carbocycles. The van der Waals surface area contributed by atoms with Gasteiger partial charge in [-0.2, -0.15) is 13.2 Å². The van der Waals surface area contributed by atoms with E-state index in [2.05, 4.69) is 0 Å². The highest BCUT2D eigenvalue weighted by molar-refractivity contribution is 6.34. The Kier molecular flexibility index (Phi) is 3.78. The van der Waals surface area contributed by atoms with Crippen LogP contribution in [-0.4, -0.2) is 41.6 Å². The minimum absolute atomic E-state index is 0.0950. The number of hydrogen-bond acceptors (Lipinski definition) is 3. The Balaban J connectivity index is 2.42. The third-order valence-electron chi connectivity index (χ3n) is 3.07. The quantitative estimate of drug-likeness (QED) is 0.804. The van der Waals surface area contributed by atoms with E-state index in [9.17, 15) is 27.6 Å².